The summed E-state index contributed by atoms with van der Waals surface area (Å²) in [7, 11) is 0. The van der Waals surface area contributed by atoms with Crippen LogP contribution in [0.1, 0.15) is 70.3 Å². The topological polar surface area (TPSA) is 23.5 Å². The number of hydrogen-bond acceptors (Lipinski definition) is 2. The Kier molecular flexibility index (Phi) is 9.85. The van der Waals surface area contributed by atoms with E-state index >= 15 is 0 Å². The van der Waals surface area contributed by atoms with E-state index in [0.29, 0.717) is 0 Å². The molecule has 0 aliphatic carbocycles. The molecule has 1 heterocycles. The lowest BCUT2D eigenvalue weighted by molar-refractivity contribution is 0.00479. The molecule has 1 aromatic carbocycles. The van der Waals surface area contributed by atoms with Crippen molar-refractivity contribution in [2.24, 2.45) is 0 Å². The van der Waals surface area contributed by atoms with Crippen molar-refractivity contribution in [3.8, 4) is 0 Å². The van der Waals surface area contributed by atoms with Crippen LogP contribution in [0.15, 0.2) is 30.3 Å². The molecule has 0 amide bonds. The highest BCUT2D eigenvalue weighted by Crippen LogP contribution is 2.31. The summed E-state index contributed by atoms with van der Waals surface area (Å²) in [5, 5.41) is 11.3. The fourth-order valence-electron chi connectivity index (χ4n) is 3.53. The first-order valence-corrected chi connectivity index (χ1v) is 9.25. The van der Waals surface area contributed by atoms with Crippen molar-refractivity contribution in [2.75, 3.05) is 19.6 Å². The Morgan fingerprint density at radius 1 is 0.957 bits per heavy atom. The second-order valence-corrected chi connectivity index (χ2v) is 6.86. The molecule has 1 atom stereocenters. The highest BCUT2D eigenvalue weighted by Gasteiger charge is 2.29. The van der Waals surface area contributed by atoms with Crippen molar-refractivity contribution < 1.29 is 5.11 Å². The maximum absolute atomic E-state index is 11.3. The van der Waals surface area contributed by atoms with E-state index in [0.717, 1.165) is 31.4 Å². The van der Waals surface area contributed by atoms with E-state index in [-0.39, 0.29) is 12.4 Å². The van der Waals surface area contributed by atoms with Gasteiger partial charge in [-0.1, -0.05) is 69.4 Å². The van der Waals surface area contributed by atoms with E-state index in [4.69, 9.17) is 0 Å². The predicted molar refractivity (Wildman–Crippen MR) is 101 cm³/mol. The molecule has 0 radical (unpaired) electrons. The summed E-state index contributed by atoms with van der Waals surface area (Å²) >= 11 is 0. The number of halogens is 1. The third kappa shape index (κ3) is 6.82. The second-order valence-electron chi connectivity index (χ2n) is 6.86. The quantitative estimate of drug-likeness (QED) is 0.629. The summed E-state index contributed by atoms with van der Waals surface area (Å²) in [4.78, 5) is 2.53. The largest absolute Gasteiger partial charge is 0.385 e. The molecular formula is C20H34ClNO. The van der Waals surface area contributed by atoms with Crippen LogP contribution in [0.3, 0.4) is 0 Å². The minimum absolute atomic E-state index is 0. The van der Waals surface area contributed by atoms with Gasteiger partial charge in [-0.15, -0.1) is 12.4 Å². The van der Waals surface area contributed by atoms with Crippen LogP contribution in [-0.2, 0) is 5.60 Å². The van der Waals surface area contributed by atoms with Gasteiger partial charge in [0.1, 0.15) is 0 Å². The number of unbranched alkanes of at least 4 members (excludes halogenated alkanes) is 3. The minimum atomic E-state index is -0.646. The normalized spacial score (nSPS) is 18.2. The zero-order chi connectivity index (χ0) is 15.7. The number of rotatable bonds is 9. The molecule has 1 fully saturated rings. The fraction of sp³-hybridized carbons (Fsp3) is 0.700. The van der Waals surface area contributed by atoms with Gasteiger partial charge in [0, 0.05) is 6.54 Å². The van der Waals surface area contributed by atoms with Crippen molar-refractivity contribution in [2.45, 2.75) is 70.3 Å². The molecule has 1 N–H and O–H groups in total. The number of piperidine rings is 1. The van der Waals surface area contributed by atoms with Gasteiger partial charge < -0.3 is 10.0 Å². The fourth-order valence-corrected chi connectivity index (χ4v) is 3.53. The Morgan fingerprint density at radius 3 is 2.30 bits per heavy atom. The van der Waals surface area contributed by atoms with Crippen LogP contribution in [-0.4, -0.2) is 29.6 Å². The maximum Gasteiger partial charge on any atom is 0.0908 e. The Labute approximate surface area is 148 Å². The molecular weight excluding hydrogens is 306 g/mol. The molecule has 0 spiro atoms. The molecule has 3 heteroatoms. The Balaban J connectivity index is 0.00000264. The first-order chi connectivity index (χ1) is 10.7. The highest BCUT2D eigenvalue weighted by atomic mass is 35.5. The van der Waals surface area contributed by atoms with Crippen LogP contribution < -0.4 is 0 Å². The Hall–Kier alpha value is -0.570. The maximum atomic E-state index is 11.3. The summed E-state index contributed by atoms with van der Waals surface area (Å²) < 4.78 is 0. The van der Waals surface area contributed by atoms with Crippen LogP contribution in [0.4, 0.5) is 0 Å². The molecule has 2 rings (SSSR count). The van der Waals surface area contributed by atoms with Gasteiger partial charge in [0.2, 0.25) is 0 Å². The third-order valence-corrected chi connectivity index (χ3v) is 5.05. The lowest BCUT2D eigenvalue weighted by Gasteiger charge is -2.33. The molecule has 1 unspecified atom stereocenters. The lowest BCUT2D eigenvalue weighted by Crippen LogP contribution is -2.36. The van der Waals surface area contributed by atoms with Crippen LogP contribution in [0.2, 0.25) is 0 Å². The van der Waals surface area contributed by atoms with Crippen LogP contribution in [0, 0.1) is 0 Å². The zero-order valence-corrected chi connectivity index (χ0v) is 15.5. The second kappa shape index (κ2) is 11.1. The predicted octanol–water partition coefficient (Wildman–Crippen LogP) is 5.14. The van der Waals surface area contributed by atoms with E-state index in [1.165, 1.54) is 51.6 Å². The molecule has 1 aliphatic rings. The smallest absolute Gasteiger partial charge is 0.0908 e. The van der Waals surface area contributed by atoms with Crippen molar-refractivity contribution in [3.05, 3.63) is 35.9 Å². The van der Waals surface area contributed by atoms with E-state index in [1.807, 2.05) is 18.2 Å². The van der Waals surface area contributed by atoms with Gasteiger partial charge in [-0.3, -0.25) is 0 Å². The molecule has 2 nitrogen and oxygen atoms in total. The molecule has 1 aromatic rings. The highest BCUT2D eigenvalue weighted by molar-refractivity contribution is 5.85. The van der Waals surface area contributed by atoms with Gasteiger partial charge in [0.05, 0.1) is 5.60 Å². The number of nitrogens with zero attached hydrogens (tertiary/aromatic N) is 1. The average Bonchev–Trinajstić information content (AvgIpc) is 2.59. The van der Waals surface area contributed by atoms with E-state index < -0.39 is 5.60 Å². The molecule has 0 saturated carbocycles. The SMILES string of the molecule is CCCCCCC(O)(CCN1CCCCC1)c1ccccc1.Cl. The van der Waals surface area contributed by atoms with Gasteiger partial charge in [-0.25, -0.2) is 0 Å². The number of hydrogen-bond donors (Lipinski definition) is 1. The molecule has 0 aromatic heterocycles. The van der Waals surface area contributed by atoms with E-state index in [2.05, 4.69) is 24.0 Å². The van der Waals surface area contributed by atoms with E-state index in [9.17, 15) is 5.11 Å². The zero-order valence-electron chi connectivity index (χ0n) is 14.7. The van der Waals surface area contributed by atoms with E-state index in [1.54, 1.807) is 0 Å². The van der Waals surface area contributed by atoms with Gasteiger partial charge in [0.25, 0.3) is 0 Å². The Morgan fingerprint density at radius 2 is 1.65 bits per heavy atom. The lowest BCUT2D eigenvalue weighted by atomic mass is 9.85. The van der Waals surface area contributed by atoms with Crippen molar-refractivity contribution in [3.63, 3.8) is 0 Å². The first-order valence-electron chi connectivity index (χ1n) is 9.25. The summed E-state index contributed by atoms with van der Waals surface area (Å²) in [6.07, 6.45) is 10.6. The third-order valence-electron chi connectivity index (χ3n) is 5.05. The first kappa shape index (κ1) is 20.5. The summed E-state index contributed by atoms with van der Waals surface area (Å²) in [5.74, 6) is 0. The van der Waals surface area contributed by atoms with Crippen molar-refractivity contribution in [1.82, 2.24) is 4.90 Å². The van der Waals surface area contributed by atoms with Gasteiger partial charge in [-0.2, -0.15) is 0 Å². The van der Waals surface area contributed by atoms with Crippen molar-refractivity contribution in [1.29, 1.82) is 0 Å². The van der Waals surface area contributed by atoms with Gasteiger partial charge >= 0.3 is 0 Å². The monoisotopic (exact) mass is 339 g/mol. The molecule has 1 saturated heterocycles. The number of likely N-dealkylation sites (tertiary alicyclic amines) is 1. The van der Waals surface area contributed by atoms with Gasteiger partial charge in [-0.05, 0) is 44.3 Å². The molecule has 0 bridgehead atoms. The standard InChI is InChI=1S/C20H33NO.ClH/c1-2-3-4-9-14-20(22,19-12-7-5-8-13-19)15-18-21-16-10-6-11-17-21;/h5,7-8,12-13,22H,2-4,6,9-11,14-18H2,1H3;1H. The van der Waals surface area contributed by atoms with Crippen LogP contribution in [0.25, 0.3) is 0 Å². The van der Waals surface area contributed by atoms with Gasteiger partial charge in [0.15, 0.2) is 0 Å². The van der Waals surface area contributed by atoms with Crippen LogP contribution >= 0.6 is 12.4 Å². The average molecular weight is 340 g/mol. The molecule has 132 valence electrons. The Bertz CT molecular complexity index is 405. The summed E-state index contributed by atoms with van der Waals surface area (Å²) in [5.41, 5.74) is 0.454. The summed E-state index contributed by atoms with van der Waals surface area (Å²) in [6.45, 7) is 5.68. The molecule has 23 heavy (non-hydrogen) atoms. The minimum Gasteiger partial charge on any atom is -0.385 e. The summed E-state index contributed by atoms with van der Waals surface area (Å²) in [6, 6.07) is 10.3. The number of aliphatic hydroxyl groups is 1. The van der Waals surface area contributed by atoms with Crippen LogP contribution in [0.5, 0.6) is 0 Å². The number of benzene rings is 1. The van der Waals surface area contributed by atoms with Crippen molar-refractivity contribution >= 4 is 12.4 Å². The molecule has 1 aliphatic heterocycles.